The second-order valence-electron chi connectivity index (χ2n) is 8.68. The number of aryl methyl sites for hydroxylation is 1. The molecule has 0 N–H and O–H groups in total. The van der Waals surface area contributed by atoms with E-state index in [1.807, 2.05) is 30.4 Å². The molecule has 156 valence electrons. The van der Waals surface area contributed by atoms with Crippen LogP contribution >= 0.6 is 0 Å². The Balaban J connectivity index is 2.00. The highest BCUT2D eigenvalue weighted by molar-refractivity contribution is 6.74. The van der Waals surface area contributed by atoms with Crippen LogP contribution in [0.2, 0.25) is 18.1 Å². The van der Waals surface area contributed by atoms with Gasteiger partial charge in [-0.3, -0.25) is 0 Å². The molecule has 0 amide bonds. The Kier molecular flexibility index (Phi) is 8.35. The zero-order valence-corrected chi connectivity index (χ0v) is 19.2. The maximum absolute atomic E-state index is 12.4. The smallest absolute Gasteiger partial charge is 0.357 e. The number of aromatic nitrogens is 1. The van der Waals surface area contributed by atoms with E-state index in [4.69, 9.17) is 9.16 Å². The molecule has 2 aromatic rings. The molecule has 4 nitrogen and oxygen atoms in total. The maximum Gasteiger partial charge on any atom is 0.357 e. The summed E-state index contributed by atoms with van der Waals surface area (Å²) >= 11 is 0. The summed E-state index contributed by atoms with van der Waals surface area (Å²) in [6.45, 7) is 11.7. The van der Waals surface area contributed by atoms with Crippen molar-refractivity contribution in [2.75, 3.05) is 6.61 Å². The third-order valence-electron chi connectivity index (χ3n) is 5.39. The van der Waals surface area contributed by atoms with E-state index in [9.17, 15) is 4.79 Å². The molecule has 29 heavy (non-hydrogen) atoms. The average molecular weight is 412 g/mol. The number of esters is 1. The first-order valence-corrected chi connectivity index (χ1v) is 13.1. The summed E-state index contributed by atoms with van der Waals surface area (Å²) in [5, 5.41) is 0.166. The van der Waals surface area contributed by atoms with Gasteiger partial charge >= 0.3 is 5.97 Å². The first-order chi connectivity index (χ1) is 13.7. The predicted molar refractivity (Wildman–Crippen MR) is 120 cm³/mol. The van der Waals surface area contributed by atoms with E-state index in [1.54, 1.807) is 24.4 Å². The van der Waals surface area contributed by atoms with Crippen LogP contribution in [0.3, 0.4) is 0 Å². The number of carbonyl (C=O) groups excluding carboxylic acids is 1. The van der Waals surface area contributed by atoms with Crippen LogP contribution in [0, 0.1) is 0 Å². The zero-order valence-electron chi connectivity index (χ0n) is 18.2. The number of benzene rings is 1. The first kappa shape index (κ1) is 23.0. The van der Waals surface area contributed by atoms with E-state index >= 15 is 0 Å². The summed E-state index contributed by atoms with van der Waals surface area (Å²) in [6.07, 6.45) is 6.72. The van der Waals surface area contributed by atoms with Gasteiger partial charge < -0.3 is 9.16 Å². The average Bonchev–Trinajstić information content (AvgIpc) is 2.69. The molecule has 0 aliphatic carbocycles. The molecule has 0 spiro atoms. The molecule has 0 fully saturated rings. The Morgan fingerprint density at radius 3 is 2.41 bits per heavy atom. The quantitative estimate of drug-likeness (QED) is 0.296. The maximum atomic E-state index is 12.4. The molecule has 1 aromatic carbocycles. The number of ether oxygens (including phenoxy) is 1. The minimum atomic E-state index is -1.80. The summed E-state index contributed by atoms with van der Waals surface area (Å²) < 4.78 is 11.9. The molecule has 0 bridgehead atoms. The fourth-order valence-corrected chi connectivity index (χ4v) is 3.46. The van der Waals surface area contributed by atoms with E-state index in [-0.39, 0.29) is 11.1 Å². The summed E-state index contributed by atoms with van der Waals surface area (Å²) in [5.41, 5.74) is 1.54. The van der Waals surface area contributed by atoms with Crippen LogP contribution in [0.15, 0.2) is 66.9 Å². The molecular weight excluding hydrogens is 378 g/mol. The summed E-state index contributed by atoms with van der Waals surface area (Å²) in [6, 6.07) is 15.4. The van der Waals surface area contributed by atoms with Gasteiger partial charge in [0.05, 0.1) is 6.61 Å². The highest BCUT2D eigenvalue weighted by atomic mass is 28.4. The first-order valence-electron chi connectivity index (χ1n) is 10.2. The van der Waals surface area contributed by atoms with Crippen molar-refractivity contribution in [1.29, 1.82) is 0 Å². The van der Waals surface area contributed by atoms with E-state index in [2.05, 4.69) is 51.0 Å². The number of nitrogens with zero attached hydrogens (tertiary/aromatic N) is 1. The van der Waals surface area contributed by atoms with Gasteiger partial charge in [0.2, 0.25) is 0 Å². The standard InChI is InChI=1S/C24H33NO3Si/c1-24(2,3)29(4,5)27-19-11-14-21(17-16-20-12-7-6-8-13-20)28-23(26)22-15-9-10-18-25-22/h6-15,18,21H,16-17,19H2,1-5H3/b14-11-/t21-/m1/s1. The van der Waals surface area contributed by atoms with Crippen LogP contribution in [0.1, 0.15) is 43.2 Å². The summed E-state index contributed by atoms with van der Waals surface area (Å²) in [5.74, 6) is -0.404. The van der Waals surface area contributed by atoms with Gasteiger partial charge in [0.15, 0.2) is 8.32 Å². The predicted octanol–water partition coefficient (Wildman–Crippen LogP) is 5.82. The van der Waals surface area contributed by atoms with Gasteiger partial charge in [-0.05, 0) is 54.7 Å². The number of rotatable bonds is 9. The lowest BCUT2D eigenvalue weighted by Crippen LogP contribution is -2.40. The molecule has 1 heterocycles. The van der Waals surface area contributed by atoms with Gasteiger partial charge in [0.1, 0.15) is 11.8 Å². The van der Waals surface area contributed by atoms with E-state index in [0.29, 0.717) is 18.7 Å². The monoisotopic (exact) mass is 411 g/mol. The van der Waals surface area contributed by atoms with Crippen molar-refractivity contribution in [3.05, 3.63) is 78.1 Å². The fourth-order valence-electron chi connectivity index (χ4n) is 2.51. The Bertz CT molecular complexity index is 783. The lowest BCUT2D eigenvalue weighted by Gasteiger charge is -2.35. The van der Waals surface area contributed by atoms with Crippen LogP contribution in [0.25, 0.3) is 0 Å². The largest absolute Gasteiger partial charge is 0.453 e. The van der Waals surface area contributed by atoms with Crippen molar-refractivity contribution in [1.82, 2.24) is 4.98 Å². The highest BCUT2D eigenvalue weighted by Crippen LogP contribution is 2.36. The highest BCUT2D eigenvalue weighted by Gasteiger charge is 2.36. The molecule has 0 radical (unpaired) electrons. The molecule has 1 aromatic heterocycles. The van der Waals surface area contributed by atoms with Gasteiger partial charge in [-0.2, -0.15) is 0 Å². The van der Waals surface area contributed by atoms with Crippen molar-refractivity contribution >= 4 is 14.3 Å². The van der Waals surface area contributed by atoms with E-state index in [1.165, 1.54) is 5.56 Å². The van der Waals surface area contributed by atoms with Crippen molar-refractivity contribution in [2.24, 2.45) is 0 Å². The van der Waals surface area contributed by atoms with Crippen LogP contribution in [-0.2, 0) is 15.6 Å². The van der Waals surface area contributed by atoms with Crippen molar-refractivity contribution < 1.29 is 14.0 Å². The number of pyridine rings is 1. The summed E-state index contributed by atoms with van der Waals surface area (Å²) in [7, 11) is -1.80. The molecule has 0 aliphatic rings. The normalized spacial score (nSPS) is 13.4. The van der Waals surface area contributed by atoms with Crippen LogP contribution < -0.4 is 0 Å². The molecule has 0 saturated carbocycles. The Morgan fingerprint density at radius 2 is 1.79 bits per heavy atom. The number of hydrogen-bond acceptors (Lipinski definition) is 4. The third kappa shape index (κ3) is 7.59. The fraction of sp³-hybridized carbons (Fsp3) is 0.417. The van der Waals surface area contributed by atoms with Gasteiger partial charge in [-0.15, -0.1) is 0 Å². The third-order valence-corrected chi connectivity index (χ3v) is 9.89. The molecule has 5 heteroatoms. The lowest BCUT2D eigenvalue weighted by molar-refractivity contribution is 0.0373. The summed E-state index contributed by atoms with van der Waals surface area (Å²) in [4.78, 5) is 16.5. The Morgan fingerprint density at radius 1 is 1.10 bits per heavy atom. The SMILES string of the molecule is CC(C)(C)[Si](C)(C)OC/C=C\[C@H](CCc1ccccc1)OC(=O)c1ccccn1. The Labute approximate surface area is 176 Å². The van der Waals surface area contributed by atoms with E-state index < -0.39 is 14.3 Å². The van der Waals surface area contributed by atoms with Crippen molar-refractivity contribution in [3.8, 4) is 0 Å². The van der Waals surface area contributed by atoms with Gasteiger partial charge in [-0.1, -0.05) is 63.2 Å². The van der Waals surface area contributed by atoms with Crippen LogP contribution in [0.4, 0.5) is 0 Å². The van der Waals surface area contributed by atoms with Crippen LogP contribution in [0.5, 0.6) is 0 Å². The van der Waals surface area contributed by atoms with Crippen molar-refractivity contribution in [3.63, 3.8) is 0 Å². The molecule has 2 rings (SSSR count). The minimum absolute atomic E-state index is 0.166. The Hall–Kier alpha value is -2.24. The molecule has 0 saturated heterocycles. The second kappa shape index (κ2) is 10.5. The second-order valence-corrected chi connectivity index (χ2v) is 13.5. The molecule has 1 atom stereocenters. The minimum Gasteiger partial charge on any atom is -0.453 e. The van der Waals surface area contributed by atoms with Crippen molar-refractivity contribution in [2.45, 2.75) is 57.8 Å². The lowest BCUT2D eigenvalue weighted by atomic mass is 10.1. The van der Waals surface area contributed by atoms with Gasteiger partial charge in [-0.25, -0.2) is 9.78 Å². The molecule has 0 unspecified atom stereocenters. The van der Waals surface area contributed by atoms with Crippen LogP contribution in [-0.4, -0.2) is 32.0 Å². The molecular formula is C24H33NO3Si. The topological polar surface area (TPSA) is 48.4 Å². The number of carbonyl (C=O) groups is 1. The number of hydrogen-bond donors (Lipinski definition) is 0. The van der Waals surface area contributed by atoms with Gasteiger partial charge in [0.25, 0.3) is 0 Å². The molecule has 0 aliphatic heterocycles. The van der Waals surface area contributed by atoms with Gasteiger partial charge in [0, 0.05) is 6.20 Å². The van der Waals surface area contributed by atoms with E-state index in [0.717, 1.165) is 6.42 Å². The zero-order chi connectivity index (χ0) is 21.3.